The predicted octanol–water partition coefficient (Wildman–Crippen LogP) is 4.01. The zero-order chi connectivity index (χ0) is 24.1. The number of ketones is 1. The fourth-order valence-electron chi connectivity index (χ4n) is 3.65. The van der Waals surface area contributed by atoms with Crippen LogP contribution in [0.3, 0.4) is 0 Å². The lowest BCUT2D eigenvalue weighted by molar-refractivity contribution is -0.116. The van der Waals surface area contributed by atoms with E-state index in [1.54, 1.807) is 33.3 Å². The SMILES string of the molecule is COc1ccc(CCNC(=O)/C=C(\C)c2ccc(OC)c3oc(C(C)=O)c(N)c23)cc1OC. The van der Waals surface area contributed by atoms with E-state index in [9.17, 15) is 9.59 Å². The molecule has 174 valence electrons. The number of rotatable bonds is 9. The third-order valence-corrected chi connectivity index (χ3v) is 5.31. The molecular formula is C25H28N2O6. The number of nitrogens with two attached hydrogens (primary N) is 1. The fourth-order valence-corrected chi connectivity index (χ4v) is 3.65. The number of hydrogen-bond acceptors (Lipinski definition) is 7. The number of carbonyl (C=O) groups excluding carboxylic acids is 2. The normalized spacial score (nSPS) is 11.4. The number of nitrogens with one attached hydrogen (secondary N) is 1. The van der Waals surface area contributed by atoms with Crippen LogP contribution in [-0.2, 0) is 11.2 Å². The minimum Gasteiger partial charge on any atom is -0.493 e. The topological polar surface area (TPSA) is 113 Å². The average Bonchev–Trinajstić information content (AvgIpc) is 3.16. The lowest BCUT2D eigenvalue weighted by atomic mass is 10.0. The molecule has 0 spiro atoms. The molecule has 0 aliphatic rings. The molecule has 0 saturated heterocycles. The zero-order valence-electron chi connectivity index (χ0n) is 19.4. The number of methoxy groups -OCH3 is 3. The van der Waals surface area contributed by atoms with Crippen molar-refractivity contribution < 1.29 is 28.2 Å². The average molecular weight is 453 g/mol. The second kappa shape index (κ2) is 10.1. The third kappa shape index (κ3) is 4.95. The summed E-state index contributed by atoms with van der Waals surface area (Å²) in [5, 5.41) is 3.43. The number of amides is 1. The Balaban J connectivity index is 1.77. The van der Waals surface area contributed by atoms with Gasteiger partial charge in [0.15, 0.2) is 34.4 Å². The number of hydrogen-bond donors (Lipinski definition) is 2. The minimum atomic E-state index is -0.286. The van der Waals surface area contributed by atoms with Crippen molar-refractivity contribution in [1.82, 2.24) is 5.32 Å². The predicted molar refractivity (Wildman–Crippen MR) is 127 cm³/mol. The van der Waals surface area contributed by atoms with Gasteiger partial charge in [-0.2, -0.15) is 0 Å². The van der Waals surface area contributed by atoms with Crippen molar-refractivity contribution in [3.63, 3.8) is 0 Å². The highest BCUT2D eigenvalue weighted by Gasteiger charge is 2.21. The summed E-state index contributed by atoms with van der Waals surface area (Å²) in [7, 11) is 4.68. The minimum absolute atomic E-state index is 0.0721. The van der Waals surface area contributed by atoms with E-state index in [1.165, 1.54) is 20.1 Å². The molecule has 0 radical (unpaired) electrons. The molecule has 1 amide bonds. The van der Waals surface area contributed by atoms with Gasteiger partial charge in [-0.15, -0.1) is 0 Å². The monoisotopic (exact) mass is 452 g/mol. The summed E-state index contributed by atoms with van der Waals surface area (Å²) in [6, 6.07) is 9.15. The van der Waals surface area contributed by atoms with E-state index >= 15 is 0 Å². The zero-order valence-corrected chi connectivity index (χ0v) is 19.4. The fraction of sp³-hybridized carbons (Fsp3) is 0.280. The van der Waals surface area contributed by atoms with E-state index in [4.69, 9.17) is 24.4 Å². The number of anilines is 1. The first-order chi connectivity index (χ1) is 15.8. The lowest BCUT2D eigenvalue weighted by Gasteiger charge is -2.10. The molecule has 0 fully saturated rings. The van der Waals surface area contributed by atoms with Crippen LogP contribution < -0.4 is 25.3 Å². The van der Waals surface area contributed by atoms with Gasteiger partial charge in [-0.25, -0.2) is 0 Å². The number of carbonyl (C=O) groups is 2. The number of fused-ring (bicyclic) bond motifs is 1. The Hall–Kier alpha value is -3.94. The largest absolute Gasteiger partial charge is 0.493 e. The van der Waals surface area contributed by atoms with E-state index in [-0.39, 0.29) is 23.1 Å². The van der Waals surface area contributed by atoms with Crippen molar-refractivity contribution in [3.05, 3.63) is 53.3 Å². The molecule has 33 heavy (non-hydrogen) atoms. The van der Waals surface area contributed by atoms with E-state index in [0.29, 0.717) is 52.3 Å². The highest BCUT2D eigenvalue weighted by atomic mass is 16.5. The first-order valence-electron chi connectivity index (χ1n) is 10.4. The van der Waals surface area contributed by atoms with Crippen molar-refractivity contribution in [2.45, 2.75) is 20.3 Å². The summed E-state index contributed by atoms with van der Waals surface area (Å²) in [6.07, 6.45) is 2.12. The number of benzene rings is 2. The number of nitrogen functional groups attached to an aromatic ring is 1. The highest BCUT2D eigenvalue weighted by Crippen LogP contribution is 2.39. The molecule has 3 N–H and O–H groups in total. The van der Waals surface area contributed by atoms with E-state index in [2.05, 4.69) is 5.32 Å². The highest BCUT2D eigenvalue weighted by molar-refractivity contribution is 6.11. The smallest absolute Gasteiger partial charge is 0.244 e. The Kier molecular flexibility index (Phi) is 7.27. The van der Waals surface area contributed by atoms with Gasteiger partial charge in [0.25, 0.3) is 0 Å². The summed E-state index contributed by atoms with van der Waals surface area (Å²) in [5.74, 6) is 1.30. The molecule has 0 unspecified atom stereocenters. The molecule has 0 aliphatic carbocycles. The van der Waals surface area contributed by atoms with Gasteiger partial charge in [-0.1, -0.05) is 12.1 Å². The maximum atomic E-state index is 12.5. The van der Waals surface area contributed by atoms with Crippen molar-refractivity contribution >= 4 is 33.9 Å². The third-order valence-electron chi connectivity index (χ3n) is 5.31. The molecule has 2 aromatic carbocycles. The van der Waals surface area contributed by atoms with E-state index in [1.807, 2.05) is 18.2 Å². The molecule has 0 saturated carbocycles. The van der Waals surface area contributed by atoms with Crippen molar-refractivity contribution in [3.8, 4) is 17.2 Å². The van der Waals surface area contributed by atoms with Crippen molar-refractivity contribution in [2.24, 2.45) is 0 Å². The van der Waals surface area contributed by atoms with Crippen LogP contribution in [0.2, 0.25) is 0 Å². The van der Waals surface area contributed by atoms with Crippen molar-refractivity contribution in [1.29, 1.82) is 0 Å². The number of ether oxygens (including phenoxy) is 3. The van der Waals surface area contributed by atoms with Crippen LogP contribution in [0, 0.1) is 0 Å². The van der Waals surface area contributed by atoms with Crippen molar-refractivity contribution in [2.75, 3.05) is 33.6 Å². The standard InChI is InChI=1S/C25H28N2O6/c1-14(12-21(29)27-11-10-16-6-8-18(30-3)20(13-16)32-5)17-7-9-19(31-4)25-22(17)23(26)24(33-25)15(2)28/h6-9,12-13H,10-11,26H2,1-5H3,(H,27,29)/b14-12+. The van der Waals surface area contributed by atoms with Crippen LogP contribution in [0.5, 0.6) is 17.2 Å². The number of furan rings is 1. The van der Waals surface area contributed by atoms with Gasteiger partial charge in [0, 0.05) is 19.5 Å². The first-order valence-corrected chi connectivity index (χ1v) is 10.4. The Morgan fingerprint density at radius 2 is 1.67 bits per heavy atom. The van der Waals surface area contributed by atoms with Gasteiger partial charge in [0.2, 0.25) is 5.91 Å². The molecule has 8 heteroatoms. The van der Waals surface area contributed by atoms with Gasteiger partial charge >= 0.3 is 0 Å². The van der Waals surface area contributed by atoms with Gasteiger partial charge < -0.3 is 29.7 Å². The Bertz CT molecular complexity index is 1230. The number of allylic oxidation sites excluding steroid dienone is 1. The first kappa shape index (κ1) is 23.7. The van der Waals surface area contributed by atoms with Gasteiger partial charge in [0.1, 0.15) is 0 Å². The summed E-state index contributed by atoms with van der Waals surface area (Å²) < 4.78 is 21.6. The molecule has 3 rings (SSSR count). The van der Waals surface area contributed by atoms with E-state index < -0.39 is 0 Å². The quantitative estimate of drug-likeness (QED) is 0.373. The Labute approximate surface area is 192 Å². The van der Waals surface area contributed by atoms with Gasteiger partial charge in [-0.05, 0) is 48.2 Å². The second-order valence-corrected chi connectivity index (χ2v) is 7.48. The molecule has 1 aromatic heterocycles. The summed E-state index contributed by atoms with van der Waals surface area (Å²) in [6.45, 7) is 3.63. The molecule has 0 aliphatic heterocycles. The van der Waals surface area contributed by atoms with Crippen LogP contribution in [0.4, 0.5) is 5.69 Å². The maximum absolute atomic E-state index is 12.5. The molecule has 3 aromatic rings. The van der Waals surface area contributed by atoms with E-state index in [0.717, 1.165) is 5.56 Å². The Morgan fingerprint density at radius 1 is 1.00 bits per heavy atom. The van der Waals surface area contributed by atoms with Gasteiger partial charge in [0.05, 0.1) is 32.4 Å². The molecule has 8 nitrogen and oxygen atoms in total. The van der Waals surface area contributed by atoms with Gasteiger partial charge in [-0.3, -0.25) is 9.59 Å². The van der Waals surface area contributed by atoms with Crippen LogP contribution in [-0.4, -0.2) is 39.6 Å². The van der Waals surface area contributed by atoms with Crippen LogP contribution >= 0.6 is 0 Å². The Morgan fingerprint density at radius 3 is 2.30 bits per heavy atom. The maximum Gasteiger partial charge on any atom is 0.244 e. The lowest BCUT2D eigenvalue weighted by Crippen LogP contribution is -2.23. The molecule has 1 heterocycles. The summed E-state index contributed by atoms with van der Waals surface area (Å²) >= 11 is 0. The summed E-state index contributed by atoms with van der Waals surface area (Å²) in [4.78, 5) is 24.4. The van der Waals surface area contributed by atoms with Crippen LogP contribution in [0.15, 0.2) is 40.8 Å². The molecule has 0 atom stereocenters. The van der Waals surface area contributed by atoms with Crippen LogP contribution in [0.25, 0.3) is 16.5 Å². The van der Waals surface area contributed by atoms with Crippen LogP contribution in [0.1, 0.15) is 35.5 Å². The second-order valence-electron chi connectivity index (χ2n) is 7.48. The molecular weight excluding hydrogens is 424 g/mol. The number of Topliss-reactive ketones (excluding diaryl/α,β-unsaturated/α-hetero) is 1. The summed E-state index contributed by atoms with van der Waals surface area (Å²) in [5.41, 5.74) is 9.18. The molecule has 0 bridgehead atoms.